The summed E-state index contributed by atoms with van der Waals surface area (Å²) in [5, 5.41) is 7.98. The first-order valence-electron chi connectivity index (χ1n) is 9.18. The Labute approximate surface area is 153 Å². The Morgan fingerprint density at radius 2 is 2.00 bits per heavy atom. The van der Waals surface area contributed by atoms with Gasteiger partial charge in [-0.1, -0.05) is 30.3 Å². The zero-order valence-electron chi connectivity index (χ0n) is 14.9. The molecule has 1 N–H and O–H groups in total. The minimum Gasteiger partial charge on any atom is -0.363 e. The Balaban J connectivity index is 1.27. The van der Waals surface area contributed by atoms with E-state index in [2.05, 4.69) is 61.3 Å². The van der Waals surface area contributed by atoms with E-state index in [0.29, 0.717) is 6.54 Å². The van der Waals surface area contributed by atoms with Crippen molar-refractivity contribution in [3.63, 3.8) is 0 Å². The van der Waals surface area contributed by atoms with Crippen molar-refractivity contribution in [1.82, 2.24) is 24.6 Å². The Morgan fingerprint density at radius 3 is 2.85 bits per heavy atom. The van der Waals surface area contributed by atoms with Crippen molar-refractivity contribution >= 4 is 5.82 Å². The van der Waals surface area contributed by atoms with E-state index in [4.69, 9.17) is 5.10 Å². The molecule has 0 spiro atoms. The molecule has 0 saturated carbocycles. The first-order valence-corrected chi connectivity index (χ1v) is 9.18. The van der Waals surface area contributed by atoms with Gasteiger partial charge in [0.2, 0.25) is 0 Å². The Bertz CT molecular complexity index is 815. The number of rotatable bonds is 7. The molecule has 0 radical (unpaired) electrons. The van der Waals surface area contributed by atoms with Crippen LogP contribution < -0.4 is 5.32 Å². The minimum absolute atomic E-state index is 0.673. The number of nitrogens with zero attached hydrogens (tertiary/aromatic N) is 5. The summed E-state index contributed by atoms with van der Waals surface area (Å²) in [4.78, 5) is 10.8. The fourth-order valence-electron chi connectivity index (χ4n) is 3.38. The van der Waals surface area contributed by atoms with Crippen molar-refractivity contribution < 1.29 is 0 Å². The maximum absolute atomic E-state index is 4.71. The summed E-state index contributed by atoms with van der Waals surface area (Å²) in [5.41, 5.74) is 3.77. The van der Waals surface area contributed by atoms with Crippen LogP contribution in [0.2, 0.25) is 0 Å². The van der Waals surface area contributed by atoms with Gasteiger partial charge in [0.15, 0.2) is 0 Å². The second-order valence-electron chi connectivity index (χ2n) is 6.66. The highest BCUT2D eigenvalue weighted by Gasteiger charge is 2.18. The van der Waals surface area contributed by atoms with Gasteiger partial charge in [-0.25, -0.2) is 4.98 Å². The fourth-order valence-corrected chi connectivity index (χ4v) is 3.38. The van der Waals surface area contributed by atoms with Gasteiger partial charge in [0.1, 0.15) is 5.82 Å². The van der Waals surface area contributed by atoms with E-state index in [1.165, 1.54) is 17.7 Å². The molecule has 0 aliphatic carbocycles. The van der Waals surface area contributed by atoms with Crippen molar-refractivity contribution in [2.24, 2.45) is 0 Å². The van der Waals surface area contributed by atoms with Crippen LogP contribution in [0.15, 0.2) is 55.0 Å². The third-order valence-corrected chi connectivity index (χ3v) is 4.72. The zero-order chi connectivity index (χ0) is 17.6. The third-order valence-electron chi connectivity index (χ3n) is 4.72. The Kier molecular flexibility index (Phi) is 5.21. The number of nitrogens with one attached hydrogen (secondary N) is 1. The number of aromatic nitrogens is 4. The molecule has 26 heavy (non-hydrogen) atoms. The Morgan fingerprint density at radius 1 is 1.08 bits per heavy atom. The molecule has 0 fully saturated rings. The summed E-state index contributed by atoms with van der Waals surface area (Å²) in [6.07, 6.45) is 7.42. The van der Waals surface area contributed by atoms with Gasteiger partial charge in [0.05, 0.1) is 30.7 Å². The van der Waals surface area contributed by atoms with Crippen LogP contribution in [-0.4, -0.2) is 37.7 Å². The number of anilines is 1. The predicted octanol–water partition coefficient (Wildman–Crippen LogP) is 2.73. The molecule has 0 saturated heterocycles. The maximum Gasteiger partial charge on any atom is 0.144 e. The van der Waals surface area contributed by atoms with Crippen molar-refractivity contribution in [2.45, 2.75) is 32.5 Å². The van der Waals surface area contributed by atoms with E-state index in [9.17, 15) is 0 Å². The van der Waals surface area contributed by atoms with Gasteiger partial charge in [-0.3, -0.25) is 14.6 Å². The minimum atomic E-state index is 0.673. The molecule has 1 aliphatic heterocycles. The van der Waals surface area contributed by atoms with Gasteiger partial charge in [-0.2, -0.15) is 5.10 Å². The monoisotopic (exact) mass is 348 g/mol. The van der Waals surface area contributed by atoms with Gasteiger partial charge >= 0.3 is 0 Å². The van der Waals surface area contributed by atoms with E-state index in [1.807, 2.05) is 0 Å². The molecular formula is C20H24N6. The smallest absolute Gasteiger partial charge is 0.144 e. The largest absolute Gasteiger partial charge is 0.363 e. The summed E-state index contributed by atoms with van der Waals surface area (Å²) in [6, 6.07) is 12.9. The molecule has 1 aromatic carbocycles. The van der Waals surface area contributed by atoms with Crippen molar-refractivity contribution in [3.05, 3.63) is 71.9 Å². The molecule has 3 heterocycles. The molecule has 3 aromatic rings. The lowest BCUT2D eigenvalue weighted by Crippen LogP contribution is -2.34. The van der Waals surface area contributed by atoms with E-state index < -0.39 is 0 Å². The topological polar surface area (TPSA) is 58.9 Å². The van der Waals surface area contributed by atoms with Crippen LogP contribution in [0, 0.1) is 0 Å². The number of benzene rings is 1. The molecule has 2 aromatic heterocycles. The number of hydrogen-bond donors (Lipinski definition) is 1. The van der Waals surface area contributed by atoms with Gasteiger partial charge < -0.3 is 5.32 Å². The summed E-state index contributed by atoms with van der Waals surface area (Å²) in [5.74, 6) is 0.779. The first kappa shape index (κ1) is 16.7. The van der Waals surface area contributed by atoms with Crippen LogP contribution in [0.5, 0.6) is 0 Å². The van der Waals surface area contributed by atoms with E-state index in [1.54, 1.807) is 18.6 Å². The number of aryl methyl sites for hydroxylation is 1. The molecule has 1 aliphatic rings. The third kappa shape index (κ3) is 4.26. The quantitative estimate of drug-likeness (QED) is 0.711. The molecule has 4 rings (SSSR count). The maximum atomic E-state index is 4.71. The van der Waals surface area contributed by atoms with Crippen LogP contribution in [0.4, 0.5) is 5.82 Å². The van der Waals surface area contributed by atoms with Crippen LogP contribution in [-0.2, 0) is 26.1 Å². The molecule has 0 atom stereocenters. The van der Waals surface area contributed by atoms with Crippen molar-refractivity contribution in [2.75, 3.05) is 18.4 Å². The highest BCUT2D eigenvalue weighted by Crippen LogP contribution is 2.15. The summed E-state index contributed by atoms with van der Waals surface area (Å²) < 4.78 is 2.14. The van der Waals surface area contributed by atoms with Gasteiger partial charge in [0, 0.05) is 25.5 Å². The molecule has 6 heteroatoms. The van der Waals surface area contributed by atoms with Crippen LogP contribution in [0.25, 0.3) is 0 Å². The molecule has 134 valence electrons. The van der Waals surface area contributed by atoms with E-state index in [-0.39, 0.29) is 0 Å². The summed E-state index contributed by atoms with van der Waals surface area (Å²) in [6.45, 7) is 4.82. The lowest BCUT2D eigenvalue weighted by atomic mass is 10.1. The lowest BCUT2D eigenvalue weighted by Gasteiger charge is -2.27. The molecule has 0 bridgehead atoms. The SMILES string of the molecule is c1ccc(CCCN2CCn3nc(CNc4cnccn4)cc3C2)cc1. The van der Waals surface area contributed by atoms with E-state index >= 15 is 0 Å². The van der Waals surface area contributed by atoms with Gasteiger partial charge in [-0.15, -0.1) is 0 Å². The lowest BCUT2D eigenvalue weighted by molar-refractivity contribution is 0.211. The predicted molar refractivity (Wildman–Crippen MR) is 102 cm³/mol. The van der Waals surface area contributed by atoms with Gasteiger partial charge in [-0.05, 0) is 31.0 Å². The molecule has 6 nitrogen and oxygen atoms in total. The normalized spacial score (nSPS) is 14.2. The zero-order valence-corrected chi connectivity index (χ0v) is 14.9. The Hall–Kier alpha value is -2.73. The van der Waals surface area contributed by atoms with Crippen molar-refractivity contribution in [1.29, 1.82) is 0 Å². The average Bonchev–Trinajstić information content (AvgIpc) is 3.10. The average molecular weight is 348 g/mol. The first-order chi connectivity index (χ1) is 12.9. The number of hydrogen-bond acceptors (Lipinski definition) is 5. The molecular weight excluding hydrogens is 324 g/mol. The highest BCUT2D eigenvalue weighted by molar-refractivity contribution is 5.31. The summed E-state index contributed by atoms with van der Waals surface area (Å²) >= 11 is 0. The highest BCUT2D eigenvalue weighted by atomic mass is 15.3. The summed E-state index contributed by atoms with van der Waals surface area (Å²) in [7, 11) is 0. The van der Waals surface area contributed by atoms with Crippen LogP contribution in [0.3, 0.4) is 0 Å². The second kappa shape index (κ2) is 8.10. The standard InChI is InChI=1S/C20H24N6/c1-2-5-17(6-3-1)7-4-10-25-11-12-26-19(16-25)13-18(24-26)14-23-20-15-21-8-9-22-20/h1-3,5-6,8-9,13,15H,4,7,10-12,14,16H2,(H,22,23). The van der Waals surface area contributed by atoms with Crippen molar-refractivity contribution in [3.8, 4) is 0 Å². The number of fused-ring (bicyclic) bond motifs is 1. The second-order valence-corrected chi connectivity index (χ2v) is 6.66. The fraction of sp³-hybridized carbons (Fsp3) is 0.350. The van der Waals surface area contributed by atoms with Gasteiger partial charge in [0.25, 0.3) is 0 Å². The van der Waals surface area contributed by atoms with E-state index in [0.717, 1.165) is 44.1 Å². The molecule has 0 amide bonds. The van der Waals surface area contributed by atoms with Crippen LogP contribution >= 0.6 is 0 Å². The molecule has 0 unspecified atom stereocenters. The van der Waals surface area contributed by atoms with Crippen LogP contribution in [0.1, 0.15) is 23.4 Å².